The molecular weight excluding hydrogens is 214 g/mol. The Morgan fingerprint density at radius 2 is 2.12 bits per heavy atom. The van der Waals surface area contributed by atoms with Gasteiger partial charge in [0, 0.05) is 17.0 Å². The van der Waals surface area contributed by atoms with Crippen molar-refractivity contribution in [3.05, 3.63) is 12.2 Å². The summed E-state index contributed by atoms with van der Waals surface area (Å²) in [6.07, 6.45) is 8.23. The van der Waals surface area contributed by atoms with Crippen molar-refractivity contribution in [2.24, 2.45) is 0 Å². The van der Waals surface area contributed by atoms with Crippen molar-refractivity contribution in [2.45, 2.75) is 63.7 Å². The molecule has 1 fully saturated rings. The Kier molecular flexibility index (Phi) is 7.22. The van der Waals surface area contributed by atoms with Crippen molar-refractivity contribution in [2.75, 3.05) is 12.3 Å². The molecule has 0 amide bonds. The monoisotopic (exact) mass is 241 g/mol. The molecule has 0 aromatic carbocycles. The SMILES string of the molecule is C=C(C)CCC(CSC1CCCC1)NCC. The molecule has 1 aliphatic rings. The Hall–Kier alpha value is 0.0500. The van der Waals surface area contributed by atoms with Crippen LogP contribution in [0, 0.1) is 0 Å². The van der Waals surface area contributed by atoms with E-state index in [-0.39, 0.29) is 0 Å². The fraction of sp³-hybridized carbons (Fsp3) is 0.857. The summed E-state index contributed by atoms with van der Waals surface area (Å²) >= 11 is 2.19. The van der Waals surface area contributed by atoms with E-state index in [2.05, 4.69) is 37.5 Å². The summed E-state index contributed by atoms with van der Waals surface area (Å²) in [6, 6.07) is 0.687. The quantitative estimate of drug-likeness (QED) is 0.645. The Morgan fingerprint density at radius 1 is 1.44 bits per heavy atom. The predicted octanol–water partition coefficient (Wildman–Crippen LogP) is 4.00. The van der Waals surface area contributed by atoms with Crippen LogP contribution in [-0.2, 0) is 0 Å². The zero-order valence-corrected chi connectivity index (χ0v) is 11.7. The second-order valence-electron chi connectivity index (χ2n) is 4.99. The number of nitrogens with one attached hydrogen (secondary N) is 1. The van der Waals surface area contributed by atoms with Crippen LogP contribution < -0.4 is 5.32 Å². The smallest absolute Gasteiger partial charge is 0.0161 e. The van der Waals surface area contributed by atoms with E-state index in [1.54, 1.807) is 0 Å². The Morgan fingerprint density at radius 3 is 2.69 bits per heavy atom. The first-order chi connectivity index (χ1) is 7.72. The minimum absolute atomic E-state index is 0.687. The minimum Gasteiger partial charge on any atom is -0.313 e. The van der Waals surface area contributed by atoms with Crippen LogP contribution >= 0.6 is 11.8 Å². The lowest BCUT2D eigenvalue weighted by Crippen LogP contribution is -2.31. The van der Waals surface area contributed by atoms with Gasteiger partial charge in [-0.25, -0.2) is 0 Å². The normalized spacial score (nSPS) is 18.9. The molecule has 0 saturated heterocycles. The third kappa shape index (κ3) is 5.95. The van der Waals surface area contributed by atoms with Gasteiger partial charge in [-0.3, -0.25) is 0 Å². The van der Waals surface area contributed by atoms with Gasteiger partial charge in [0.1, 0.15) is 0 Å². The number of allylic oxidation sites excluding steroid dienone is 1. The molecule has 1 saturated carbocycles. The molecule has 1 unspecified atom stereocenters. The summed E-state index contributed by atoms with van der Waals surface area (Å²) < 4.78 is 0. The second kappa shape index (κ2) is 8.19. The number of hydrogen-bond acceptors (Lipinski definition) is 2. The lowest BCUT2D eigenvalue weighted by Gasteiger charge is -2.19. The molecule has 1 nitrogen and oxygen atoms in total. The van der Waals surface area contributed by atoms with Gasteiger partial charge in [0.05, 0.1) is 0 Å². The van der Waals surface area contributed by atoms with Gasteiger partial charge in [-0.2, -0.15) is 11.8 Å². The molecule has 94 valence electrons. The summed E-state index contributed by atoms with van der Waals surface area (Å²) in [7, 11) is 0. The van der Waals surface area contributed by atoms with Crippen LogP contribution in [0.3, 0.4) is 0 Å². The molecule has 1 aliphatic carbocycles. The lowest BCUT2D eigenvalue weighted by molar-refractivity contribution is 0.536. The summed E-state index contributed by atoms with van der Waals surface area (Å²) in [6.45, 7) is 9.41. The fourth-order valence-corrected chi connectivity index (χ4v) is 3.72. The molecule has 0 aliphatic heterocycles. The van der Waals surface area contributed by atoms with E-state index in [0.717, 1.165) is 11.8 Å². The van der Waals surface area contributed by atoms with Crippen LogP contribution in [0.25, 0.3) is 0 Å². The maximum absolute atomic E-state index is 3.99. The van der Waals surface area contributed by atoms with E-state index >= 15 is 0 Å². The molecular formula is C14H27NS. The van der Waals surface area contributed by atoms with Crippen LogP contribution in [0.1, 0.15) is 52.4 Å². The van der Waals surface area contributed by atoms with E-state index < -0.39 is 0 Å². The summed E-state index contributed by atoms with van der Waals surface area (Å²) in [4.78, 5) is 0. The zero-order chi connectivity index (χ0) is 11.8. The van der Waals surface area contributed by atoms with Crippen molar-refractivity contribution in [1.29, 1.82) is 0 Å². The third-order valence-corrected chi connectivity index (χ3v) is 4.79. The molecule has 1 rings (SSSR count). The number of thioether (sulfide) groups is 1. The standard InChI is InChI=1S/C14H27NS/c1-4-15-13(10-9-12(2)3)11-16-14-7-5-6-8-14/h13-15H,2,4-11H2,1,3H3. The van der Waals surface area contributed by atoms with Gasteiger partial charge in [-0.1, -0.05) is 25.3 Å². The lowest BCUT2D eigenvalue weighted by atomic mass is 10.1. The van der Waals surface area contributed by atoms with Crippen LogP contribution in [0.2, 0.25) is 0 Å². The van der Waals surface area contributed by atoms with Crippen molar-refractivity contribution >= 4 is 11.8 Å². The van der Waals surface area contributed by atoms with Crippen LogP contribution in [0.15, 0.2) is 12.2 Å². The van der Waals surface area contributed by atoms with Gasteiger partial charge in [0.2, 0.25) is 0 Å². The molecule has 0 aromatic heterocycles. The summed E-state index contributed by atoms with van der Waals surface area (Å²) in [5.41, 5.74) is 1.31. The molecule has 16 heavy (non-hydrogen) atoms. The van der Waals surface area contributed by atoms with Crippen molar-refractivity contribution in [1.82, 2.24) is 5.32 Å². The molecule has 0 radical (unpaired) electrons. The summed E-state index contributed by atoms with van der Waals surface area (Å²) in [5, 5.41) is 4.55. The molecule has 1 atom stereocenters. The topological polar surface area (TPSA) is 12.0 Å². The molecule has 0 bridgehead atoms. The first-order valence-electron chi connectivity index (χ1n) is 6.71. The second-order valence-corrected chi connectivity index (χ2v) is 6.32. The van der Waals surface area contributed by atoms with Gasteiger partial charge in [0.25, 0.3) is 0 Å². The van der Waals surface area contributed by atoms with E-state index in [9.17, 15) is 0 Å². The molecule has 2 heteroatoms. The first kappa shape index (κ1) is 14.1. The van der Waals surface area contributed by atoms with Gasteiger partial charge < -0.3 is 5.32 Å². The molecule has 0 spiro atoms. The van der Waals surface area contributed by atoms with Crippen molar-refractivity contribution in [3.63, 3.8) is 0 Å². The van der Waals surface area contributed by atoms with Gasteiger partial charge in [-0.05, 0) is 39.2 Å². The Balaban J connectivity index is 2.17. The van der Waals surface area contributed by atoms with Gasteiger partial charge >= 0.3 is 0 Å². The molecule has 1 N–H and O–H groups in total. The zero-order valence-electron chi connectivity index (χ0n) is 10.9. The van der Waals surface area contributed by atoms with Crippen LogP contribution in [-0.4, -0.2) is 23.6 Å². The van der Waals surface area contributed by atoms with Gasteiger partial charge in [0.15, 0.2) is 0 Å². The Bertz CT molecular complexity index is 197. The molecule has 0 aromatic rings. The third-order valence-electron chi connectivity index (χ3n) is 3.25. The maximum atomic E-state index is 3.99. The van der Waals surface area contributed by atoms with E-state index in [1.807, 2.05) is 0 Å². The van der Waals surface area contributed by atoms with E-state index in [1.165, 1.54) is 49.9 Å². The minimum atomic E-state index is 0.687. The number of rotatable bonds is 8. The first-order valence-corrected chi connectivity index (χ1v) is 7.76. The number of hydrogen-bond donors (Lipinski definition) is 1. The molecule has 0 heterocycles. The van der Waals surface area contributed by atoms with Crippen molar-refractivity contribution in [3.8, 4) is 0 Å². The highest BCUT2D eigenvalue weighted by Gasteiger charge is 2.17. The van der Waals surface area contributed by atoms with Crippen molar-refractivity contribution < 1.29 is 0 Å². The Labute approximate surface area is 105 Å². The highest BCUT2D eigenvalue weighted by Crippen LogP contribution is 2.30. The predicted molar refractivity (Wildman–Crippen MR) is 76.2 cm³/mol. The maximum Gasteiger partial charge on any atom is 0.0161 e. The van der Waals surface area contributed by atoms with Gasteiger partial charge in [-0.15, -0.1) is 6.58 Å². The van der Waals surface area contributed by atoms with E-state index in [4.69, 9.17) is 0 Å². The van der Waals surface area contributed by atoms with Crippen LogP contribution in [0.4, 0.5) is 0 Å². The van der Waals surface area contributed by atoms with E-state index in [0.29, 0.717) is 6.04 Å². The highest BCUT2D eigenvalue weighted by molar-refractivity contribution is 7.99. The fourth-order valence-electron chi connectivity index (χ4n) is 2.26. The average Bonchev–Trinajstić information content (AvgIpc) is 2.75. The largest absolute Gasteiger partial charge is 0.313 e. The highest BCUT2D eigenvalue weighted by atomic mass is 32.2. The average molecular weight is 241 g/mol. The van der Waals surface area contributed by atoms with Crippen LogP contribution in [0.5, 0.6) is 0 Å². The summed E-state index contributed by atoms with van der Waals surface area (Å²) in [5.74, 6) is 1.28.